The highest BCUT2D eigenvalue weighted by atomic mass is 79.9. The highest BCUT2D eigenvalue weighted by molar-refractivity contribution is 9.10. The van der Waals surface area contributed by atoms with Crippen LogP contribution in [0.2, 0.25) is 0 Å². The van der Waals surface area contributed by atoms with Gasteiger partial charge in [0.2, 0.25) is 0 Å². The molecule has 0 aromatic heterocycles. The largest absolute Gasteiger partial charge is 0.449 e. The molecule has 1 rings (SSSR count). The van der Waals surface area contributed by atoms with Gasteiger partial charge in [-0.25, -0.2) is 4.79 Å². The molecule has 0 aliphatic rings. The summed E-state index contributed by atoms with van der Waals surface area (Å²) in [5.41, 5.74) is 6.37. The molecular weight excluding hydrogens is 288 g/mol. The van der Waals surface area contributed by atoms with Crippen LogP contribution in [0.4, 0.5) is 5.69 Å². The van der Waals surface area contributed by atoms with Crippen LogP contribution in [-0.4, -0.2) is 25.0 Å². The van der Waals surface area contributed by atoms with E-state index in [1.165, 1.54) is 14.0 Å². The predicted octanol–water partition coefficient (Wildman–Crippen LogP) is 1.32. The second kappa shape index (κ2) is 5.67. The first-order valence-electron chi connectivity index (χ1n) is 4.94. The first-order chi connectivity index (χ1) is 7.97. The van der Waals surface area contributed by atoms with Gasteiger partial charge in [0.05, 0.1) is 10.0 Å². The zero-order valence-corrected chi connectivity index (χ0v) is 11.1. The molecule has 1 aromatic rings. The molecule has 5 nitrogen and oxygen atoms in total. The average molecular weight is 301 g/mol. The fourth-order valence-corrected chi connectivity index (χ4v) is 1.61. The van der Waals surface area contributed by atoms with Crippen LogP contribution in [0.15, 0.2) is 22.7 Å². The molecule has 1 unspecified atom stereocenters. The van der Waals surface area contributed by atoms with Crippen LogP contribution >= 0.6 is 15.9 Å². The van der Waals surface area contributed by atoms with E-state index in [2.05, 4.69) is 21.2 Å². The summed E-state index contributed by atoms with van der Waals surface area (Å²) in [6, 6.07) is 4.86. The molecule has 0 fully saturated rings. The number of benzene rings is 1. The third-order valence-electron chi connectivity index (χ3n) is 2.15. The van der Waals surface area contributed by atoms with Crippen molar-refractivity contribution in [2.45, 2.75) is 13.0 Å². The third kappa shape index (κ3) is 3.20. The molecule has 3 N–H and O–H groups in total. The summed E-state index contributed by atoms with van der Waals surface area (Å²) in [6.45, 7) is 1.50. The van der Waals surface area contributed by atoms with Crippen LogP contribution in [0.3, 0.4) is 0 Å². The molecule has 92 valence electrons. The monoisotopic (exact) mass is 300 g/mol. The number of hydrogen-bond acceptors (Lipinski definition) is 4. The van der Waals surface area contributed by atoms with Crippen molar-refractivity contribution >= 4 is 33.5 Å². The van der Waals surface area contributed by atoms with Gasteiger partial charge in [0.25, 0.3) is 5.91 Å². The summed E-state index contributed by atoms with van der Waals surface area (Å²) in [5.74, 6) is -0.960. The summed E-state index contributed by atoms with van der Waals surface area (Å²) in [5, 5.41) is 2.39. The van der Waals surface area contributed by atoms with Gasteiger partial charge in [-0.15, -0.1) is 0 Å². The van der Waals surface area contributed by atoms with Gasteiger partial charge >= 0.3 is 5.97 Å². The molecular formula is C11H13BrN2O3. The number of nitrogens with one attached hydrogen (secondary N) is 1. The van der Waals surface area contributed by atoms with E-state index < -0.39 is 12.1 Å². The van der Waals surface area contributed by atoms with E-state index in [0.717, 1.165) is 0 Å². The normalized spacial score (nSPS) is 11.7. The molecule has 0 radical (unpaired) electrons. The smallest absolute Gasteiger partial charge is 0.340 e. The van der Waals surface area contributed by atoms with E-state index in [1.807, 2.05) is 0 Å². The maximum atomic E-state index is 11.8. The topological polar surface area (TPSA) is 81.4 Å². The molecule has 1 amide bonds. The van der Waals surface area contributed by atoms with Crippen molar-refractivity contribution in [3.05, 3.63) is 28.2 Å². The van der Waals surface area contributed by atoms with E-state index in [1.54, 1.807) is 18.2 Å². The highest BCUT2D eigenvalue weighted by Gasteiger charge is 2.19. The second-order valence-corrected chi connectivity index (χ2v) is 4.16. The van der Waals surface area contributed by atoms with Crippen molar-refractivity contribution in [1.82, 2.24) is 5.32 Å². The zero-order valence-electron chi connectivity index (χ0n) is 9.49. The molecule has 1 atom stereocenters. The number of carbonyl (C=O) groups is 2. The fourth-order valence-electron chi connectivity index (χ4n) is 1.19. The molecule has 17 heavy (non-hydrogen) atoms. The minimum absolute atomic E-state index is 0.292. The molecule has 0 aliphatic heterocycles. The van der Waals surface area contributed by atoms with Crippen LogP contribution in [0, 0.1) is 0 Å². The number of rotatable bonds is 3. The minimum Gasteiger partial charge on any atom is -0.449 e. The lowest BCUT2D eigenvalue weighted by atomic mass is 10.2. The lowest BCUT2D eigenvalue weighted by molar-refractivity contribution is -0.128. The Morgan fingerprint density at radius 2 is 2.12 bits per heavy atom. The van der Waals surface area contributed by atoms with Crippen LogP contribution in [-0.2, 0) is 9.53 Å². The Hall–Kier alpha value is -1.56. The second-order valence-electron chi connectivity index (χ2n) is 3.37. The number of amides is 1. The summed E-state index contributed by atoms with van der Waals surface area (Å²) in [4.78, 5) is 23.0. The van der Waals surface area contributed by atoms with Crippen LogP contribution in [0.1, 0.15) is 17.3 Å². The number of esters is 1. The number of carbonyl (C=O) groups excluding carboxylic acids is 2. The molecule has 0 aliphatic carbocycles. The Kier molecular flexibility index (Phi) is 4.51. The van der Waals surface area contributed by atoms with Gasteiger partial charge in [-0.05, 0) is 35.0 Å². The fraction of sp³-hybridized carbons (Fsp3) is 0.273. The van der Waals surface area contributed by atoms with Gasteiger partial charge in [0, 0.05) is 12.7 Å². The third-order valence-corrected chi connectivity index (χ3v) is 3.03. The summed E-state index contributed by atoms with van der Waals surface area (Å²) < 4.78 is 5.46. The maximum absolute atomic E-state index is 11.8. The standard InChI is InChI=1S/C11H13BrN2O3/c1-6(10(15)14-2)17-11(16)7-4-3-5-8(13)9(7)12/h3-6H,13H2,1-2H3,(H,14,15). The van der Waals surface area contributed by atoms with E-state index in [4.69, 9.17) is 10.5 Å². The van der Waals surface area contributed by atoms with Crippen molar-refractivity contribution in [3.8, 4) is 0 Å². The molecule has 0 saturated heterocycles. The van der Waals surface area contributed by atoms with Crippen molar-refractivity contribution in [2.24, 2.45) is 0 Å². The van der Waals surface area contributed by atoms with Crippen molar-refractivity contribution < 1.29 is 14.3 Å². The Morgan fingerprint density at radius 3 is 2.71 bits per heavy atom. The van der Waals surface area contributed by atoms with Crippen molar-refractivity contribution in [2.75, 3.05) is 12.8 Å². The molecule has 6 heteroatoms. The van der Waals surface area contributed by atoms with Crippen molar-refractivity contribution in [3.63, 3.8) is 0 Å². The van der Waals surface area contributed by atoms with Gasteiger partial charge in [0.15, 0.2) is 6.10 Å². The quantitative estimate of drug-likeness (QED) is 0.652. The van der Waals surface area contributed by atoms with Gasteiger partial charge in [0.1, 0.15) is 0 Å². The Bertz CT molecular complexity index is 448. The van der Waals surface area contributed by atoms with E-state index in [-0.39, 0.29) is 5.91 Å². The number of ether oxygens (including phenoxy) is 1. The first-order valence-corrected chi connectivity index (χ1v) is 5.73. The molecule has 0 saturated carbocycles. The van der Waals surface area contributed by atoms with Crippen LogP contribution < -0.4 is 11.1 Å². The Balaban J connectivity index is 2.84. The van der Waals surface area contributed by atoms with E-state index >= 15 is 0 Å². The number of halogens is 1. The van der Waals surface area contributed by atoms with Gasteiger partial charge in [-0.2, -0.15) is 0 Å². The van der Waals surface area contributed by atoms with Crippen molar-refractivity contribution in [1.29, 1.82) is 0 Å². The minimum atomic E-state index is -0.846. The Morgan fingerprint density at radius 1 is 1.47 bits per heavy atom. The lowest BCUT2D eigenvalue weighted by Crippen LogP contribution is -2.33. The molecule has 0 heterocycles. The van der Waals surface area contributed by atoms with Gasteiger partial charge < -0.3 is 15.8 Å². The molecule has 0 spiro atoms. The summed E-state index contributed by atoms with van der Waals surface area (Å²) >= 11 is 3.20. The van der Waals surface area contributed by atoms with E-state index in [9.17, 15) is 9.59 Å². The number of nitrogen functional groups attached to an aromatic ring is 1. The lowest BCUT2D eigenvalue weighted by Gasteiger charge is -2.12. The SMILES string of the molecule is CNC(=O)C(C)OC(=O)c1cccc(N)c1Br. The number of hydrogen-bond donors (Lipinski definition) is 2. The summed E-state index contributed by atoms with van der Waals surface area (Å²) in [7, 11) is 1.48. The first kappa shape index (κ1) is 13.5. The molecule has 0 bridgehead atoms. The van der Waals surface area contributed by atoms with Gasteiger partial charge in [-0.1, -0.05) is 6.07 Å². The van der Waals surface area contributed by atoms with E-state index in [0.29, 0.717) is 15.7 Å². The number of likely N-dealkylation sites (N-methyl/N-ethyl adjacent to an activating group) is 1. The number of anilines is 1. The summed E-state index contributed by atoms with van der Waals surface area (Å²) in [6.07, 6.45) is -0.846. The predicted molar refractivity (Wildman–Crippen MR) is 67.5 cm³/mol. The number of nitrogens with two attached hydrogens (primary N) is 1. The zero-order chi connectivity index (χ0) is 13.0. The maximum Gasteiger partial charge on any atom is 0.340 e. The van der Waals surface area contributed by atoms with Gasteiger partial charge in [-0.3, -0.25) is 4.79 Å². The average Bonchev–Trinajstić information content (AvgIpc) is 2.31. The highest BCUT2D eigenvalue weighted by Crippen LogP contribution is 2.24. The van der Waals surface area contributed by atoms with Crippen LogP contribution in [0.5, 0.6) is 0 Å². The molecule has 1 aromatic carbocycles. The van der Waals surface area contributed by atoms with Crippen LogP contribution in [0.25, 0.3) is 0 Å². The Labute approximate surface area is 107 Å².